The number of likely N-dealkylation sites (N-methyl/N-ethyl adjacent to an activating group) is 1. The van der Waals surface area contributed by atoms with Gasteiger partial charge < -0.3 is 5.32 Å². The third-order valence-corrected chi connectivity index (χ3v) is 3.06. The molecule has 0 atom stereocenters. The van der Waals surface area contributed by atoms with Crippen LogP contribution in [-0.2, 0) is 10.0 Å². The smallest absolute Gasteiger partial charge is 0.226 e. The van der Waals surface area contributed by atoms with Crippen molar-refractivity contribution < 1.29 is 8.42 Å². The second-order valence-electron chi connectivity index (χ2n) is 2.08. The molecule has 4 nitrogen and oxygen atoms in total. The van der Waals surface area contributed by atoms with Crippen LogP contribution in [0.1, 0.15) is 0 Å². The first kappa shape index (κ1) is 6.98. The Bertz CT molecular complexity index is 187. The maximum absolute atomic E-state index is 10.8. The van der Waals surface area contributed by atoms with Crippen LogP contribution < -0.4 is 5.32 Å². The number of nitrogens with zero attached hydrogens (tertiary/aromatic N) is 1. The number of rotatable bonds is 0. The van der Waals surface area contributed by atoms with E-state index >= 15 is 0 Å². The summed E-state index contributed by atoms with van der Waals surface area (Å²) in [6.07, 6.45) is 0. The molecule has 0 aromatic rings. The average Bonchev–Trinajstić information content (AvgIpc) is 1.77. The van der Waals surface area contributed by atoms with Gasteiger partial charge in [0.15, 0.2) is 0 Å². The summed E-state index contributed by atoms with van der Waals surface area (Å²) in [5.74, 6) is 0.0868. The van der Waals surface area contributed by atoms with E-state index in [1.165, 1.54) is 4.31 Å². The van der Waals surface area contributed by atoms with Crippen molar-refractivity contribution in [2.45, 2.75) is 0 Å². The maximum atomic E-state index is 10.8. The third-order valence-electron chi connectivity index (χ3n) is 1.36. The summed E-state index contributed by atoms with van der Waals surface area (Å²) in [4.78, 5) is 0. The van der Waals surface area contributed by atoms with Gasteiger partial charge in [0.05, 0.1) is 0 Å². The molecular formula is C4H10N2O2S. The molecule has 0 spiro atoms. The maximum Gasteiger partial charge on any atom is 0.226 e. The van der Waals surface area contributed by atoms with Crippen LogP contribution in [0.4, 0.5) is 0 Å². The highest BCUT2D eigenvalue weighted by Crippen LogP contribution is 1.98. The van der Waals surface area contributed by atoms with E-state index in [1.54, 1.807) is 7.05 Å². The Morgan fingerprint density at radius 1 is 1.56 bits per heavy atom. The minimum Gasteiger partial charge on any atom is -0.301 e. The molecule has 0 saturated carbocycles. The van der Waals surface area contributed by atoms with Gasteiger partial charge in [0.1, 0.15) is 5.88 Å². The standard InChI is InChI=1S/C4H10N2O2S/c1-6-3-2-5-4-9(6,7)8/h5H,2-4H2,1H3. The molecule has 54 valence electrons. The Morgan fingerprint density at radius 2 is 2.22 bits per heavy atom. The number of hydrogen-bond acceptors (Lipinski definition) is 3. The SMILES string of the molecule is CN1CCNCS1(=O)=O. The minimum absolute atomic E-state index is 0.0868. The molecule has 1 aliphatic heterocycles. The molecule has 0 aromatic heterocycles. The Balaban J connectivity index is 2.72. The highest BCUT2D eigenvalue weighted by atomic mass is 32.2. The second kappa shape index (κ2) is 2.24. The van der Waals surface area contributed by atoms with Crippen LogP contribution in [0.2, 0.25) is 0 Å². The summed E-state index contributed by atoms with van der Waals surface area (Å²) in [6.45, 7) is 1.35. The molecule has 1 heterocycles. The number of sulfonamides is 1. The summed E-state index contributed by atoms with van der Waals surface area (Å²) >= 11 is 0. The minimum atomic E-state index is -2.94. The Morgan fingerprint density at radius 3 is 2.56 bits per heavy atom. The molecule has 0 bridgehead atoms. The van der Waals surface area contributed by atoms with Crippen molar-refractivity contribution >= 4 is 10.0 Å². The molecule has 1 N–H and O–H groups in total. The summed E-state index contributed by atoms with van der Waals surface area (Å²) in [6, 6.07) is 0. The summed E-state index contributed by atoms with van der Waals surface area (Å²) in [7, 11) is -1.35. The summed E-state index contributed by atoms with van der Waals surface area (Å²) in [5.41, 5.74) is 0. The number of nitrogens with one attached hydrogen (secondary N) is 1. The fourth-order valence-electron chi connectivity index (χ4n) is 0.687. The zero-order valence-electron chi connectivity index (χ0n) is 5.29. The summed E-state index contributed by atoms with van der Waals surface area (Å²) in [5, 5.41) is 2.78. The zero-order valence-corrected chi connectivity index (χ0v) is 6.11. The molecule has 0 radical (unpaired) electrons. The van der Waals surface area contributed by atoms with E-state index in [0.29, 0.717) is 6.54 Å². The normalized spacial score (nSPS) is 28.1. The molecule has 0 unspecified atom stereocenters. The van der Waals surface area contributed by atoms with E-state index < -0.39 is 10.0 Å². The van der Waals surface area contributed by atoms with E-state index in [1.807, 2.05) is 0 Å². The highest BCUT2D eigenvalue weighted by molar-refractivity contribution is 7.89. The summed E-state index contributed by atoms with van der Waals surface area (Å²) < 4.78 is 23.1. The van der Waals surface area contributed by atoms with Gasteiger partial charge >= 0.3 is 0 Å². The highest BCUT2D eigenvalue weighted by Gasteiger charge is 2.20. The quantitative estimate of drug-likeness (QED) is 0.472. The molecule has 0 aromatic carbocycles. The molecular weight excluding hydrogens is 140 g/mol. The van der Waals surface area contributed by atoms with Crippen molar-refractivity contribution in [3.8, 4) is 0 Å². The molecule has 1 saturated heterocycles. The van der Waals surface area contributed by atoms with Crippen molar-refractivity contribution in [2.24, 2.45) is 0 Å². The topological polar surface area (TPSA) is 49.4 Å². The monoisotopic (exact) mass is 150 g/mol. The van der Waals surface area contributed by atoms with Crippen LogP contribution in [0.3, 0.4) is 0 Å². The third kappa shape index (κ3) is 1.41. The molecule has 0 aliphatic carbocycles. The van der Waals surface area contributed by atoms with E-state index in [4.69, 9.17) is 0 Å². The predicted octanol–water partition coefficient (Wildman–Crippen LogP) is -1.19. The van der Waals surface area contributed by atoms with Crippen molar-refractivity contribution in [3.05, 3.63) is 0 Å². The van der Waals surface area contributed by atoms with E-state index in [-0.39, 0.29) is 5.88 Å². The van der Waals surface area contributed by atoms with Crippen LogP contribution in [-0.4, -0.2) is 38.7 Å². The molecule has 1 fully saturated rings. The fourth-order valence-corrected chi connectivity index (χ4v) is 1.68. The van der Waals surface area contributed by atoms with Gasteiger partial charge in [0, 0.05) is 20.1 Å². The van der Waals surface area contributed by atoms with Gasteiger partial charge in [-0.2, -0.15) is 0 Å². The molecule has 1 rings (SSSR count). The number of hydrogen-bond donors (Lipinski definition) is 1. The van der Waals surface area contributed by atoms with Gasteiger partial charge in [-0.3, -0.25) is 0 Å². The zero-order chi connectivity index (χ0) is 6.91. The first-order valence-corrected chi connectivity index (χ1v) is 4.38. The van der Waals surface area contributed by atoms with Gasteiger partial charge in [-0.05, 0) is 0 Å². The predicted molar refractivity (Wildman–Crippen MR) is 34.4 cm³/mol. The first-order valence-electron chi connectivity index (χ1n) is 2.78. The lowest BCUT2D eigenvalue weighted by molar-refractivity contribution is 0.435. The van der Waals surface area contributed by atoms with Gasteiger partial charge in [-0.1, -0.05) is 0 Å². The van der Waals surface area contributed by atoms with Crippen molar-refractivity contribution in [1.82, 2.24) is 9.62 Å². The van der Waals surface area contributed by atoms with Crippen molar-refractivity contribution in [1.29, 1.82) is 0 Å². The Kier molecular flexibility index (Phi) is 1.74. The molecule has 0 amide bonds. The van der Waals surface area contributed by atoms with Crippen molar-refractivity contribution in [2.75, 3.05) is 26.0 Å². The van der Waals surface area contributed by atoms with Gasteiger partial charge in [0.25, 0.3) is 0 Å². The van der Waals surface area contributed by atoms with Crippen LogP contribution in [0.15, 0.2) is 0 Å². The average molecular weight is 150 g/mol. The molecule has 5 heteroatoms. The Labute approximate surface area is 54.9 Å². The van der Waals surface area contributed by atoms with Gasteiger partial charge in [0.2, 0.25) is 10.0 Å². The van der Waals surface area contributed by atoms with Crippen LogP contribution in [0.5, 0.6) is 0 Å². The van der Waals surface area contributed by atoms with Gasteiger partial charge in [-0.15, -0.1) is 0 Å². The lowest BCUT2D eigenvalue weighted by atomic mass is 10.6. The molecule has 9 heavy (non-hydrogen) atoms. The largest absolute Gasteiger partial charge is 0.301 e. The van der Waals surface area contributed by atoms with Crippen LogP contribution in [0.25, 0.3) is 0 Å². The first-order chi connectivity index (χ1) is 4.13. The lowest BCUT2D eigenvalue weighted by Gasteiger charge is -2.22. The van der Waals surface area contributed by atoms with Crippen molar-refractivity contribution in [3.63, 3.8) is 0 Å². The Hall–Kier alpha value is -0.130. The van der Waals surface area contributed by atoms with E-state index in [2.05, 4.69) is 5.32 Å². The van der Waals surface area contributed by atoms with Crippen LogP contribution in [0, 0.1) is 0 Å². The lowest BCUT2D eigenvalue weighted by Crippen LogP contribution is -2.45. The van der Waals surface area contributed by atoms with Gasteiger partial charge in [-0.25, -0.2) is 12.7 Å². The second-order valence-corrected chi connectivity index (χ2v) is 4.15. The molecule has 1 aliphatic rings. The van der Waals surface area contributed by atoms with E-state index in [0.717, 1.165) is 6.54 Å². The fraction of sp³-hybridized carbons (Fsp3) is 1.00. The van der Waals surface area contributed by atoms with E-state index in [9.17, 15) is 8.42 Å². The van der Waals surface area contributed by atoms with Crippen LogP contribution >= 0.6 is 0 Å².